The lowest BCUT2D eigenvalue weighted by Crippen LogP contribution is -2.40. The molecule has 4 heteroatoms. The Morgan fingerprint density at radius 3 is 2.88 bits per heavy atom. The zero-order valence-corrected chi connectivity index (χ0v) is 9.26. The van der Waals surface area contributed by atoms with Gasteiger partial charge in [0.25, 0.3) is 0 Å². The molecule has 16 heavy (non-hydrogen) atoms. The molecule has 1 N–H and O–H groups in total. The van der Waals surface area contributed by atoms with Gasteiger partial charge in [0.05, 0.1) is 18.3 Å². The molecular weight excluding hydrogens is 200 g/mol. The van der Waals surface area contributed by atoms with Crippen molar-refractivity contribution in [2.45, 2.75) is 25.4 Å². The standard InChI is InChI=1S/C12H16N4/c1-2-4-12-10(3-1)9-16(15-14-12)11-5-7-13-8-6-11/h1-4,11,13H,5-9H2. The minimum absolute atomic E-state index is 0.554. The minimum Gasteiger partial charge on any atom is -0.317 e. The second-order valence-electron chi connectivity index (χ2n) is 4.40. The molecule has 0 bridgehead atoms. The zero-order valence-electron chi connectivity index (χ0n) is 9.26. The van der Waals surface area contributed by atoms with Crippen LogP contribution in [-0.2, 0) is 6.54 Å². The summed E-state index contributed by atoms with van der Waals surface area (Å²) in [6, 6.07) is 8.80. The van der Waals surface area contributed by atoms with Crippen LogP contribution in [0.5, 0.6) is 0 Å². The van der Waals surface area contributed by atoms with Crippen molar-refractivity contribution >= 4 is 5.69 Å². The Balaban J connectivity index is 1.77. The second kappa shape index (κ2) is 4.22. The molecule has 2 aliphatic heterocycles. The number of nitrogens with one attached hydrogen (secondary N) is 1. The summed E-state index contributed by atoms with van der Waals surface area (Å²) in [5.41, 5.74) is 2.31. The van der Waals surface area contributed by atoms with E-state index in [1.807, 2.05) is 12.1 Å². The molecule has 1 fully saturated rings. The summed E-state index contributed by atoms with van der Waals surface area (Å²) in [4.78, 5) is 0. The van der Waals surface area contributed by atoms with Gasteiger partial charge in [0, 0.05) is 5.56 Å². The third-order valence-electron chi connectivity index (χ3n) is 3.32. The highest BCUT2D eigenvalue weighted by Crippen LogP contribution is 2.28. The highest BCUT2D eigenvalue weighted by Gasteiger charge is 2.23. The number of rotatable bonds is 1. The van der Waals surface area contributed by atoms with Crippen molar-refractivity contribution in [3.8, 4) is 0 Å². The van der Waals surface area contributed by atoms with Crippen molar-refractivity contribution in [3.63, 3.8) is 0 Å². The van der Waals surface area contributed by atoms with E-state index < -0.39 is 0 Å². The predicted molar refractivity (Wildman–Crippen MR) is 62.4 cm³/mol. The van der Waals surface area contributed by atoms with E-state index in [4.69, 9.17) is 0 Å². The quantitative estimate of drug-likeness (QED) is 0.782. The lowest BCUT2D eigenvalue weighted by Gasteiger charge is -2.33. The predicted octanol–water partition coefficient (Wildman–Crippen LogP) is 2.25. The maximum absolute atomic E-state index is 4.32. The summed E-state index contributed by atoms with van der Waals surface area (Å²) < 4.78 is 0. The summed E-state index contributed by atoms with van der Waals surface area (Å²) >= 11 is 0. The van der Waals surface area contributed by atoms with Gasteiger partial charge in [0.2, 0.25) is 0 Å². The first kappa shape index (κ1) is 9.78. The smallest absolute Gasteiger partial charge is 0.0924 e. The first-order valence-electron chi connectivity index (χ1n) is 5.90. The second-order valence-corrected chi connectivity index (χ2v) is 4.40. The molecule has 0 radical (unpaired) electrons. The fourth-order valence-corrected chi connectivity index (χ4v) is 2.36. The number of hydrogen-bond donors (Lipinski definition) is 1. The number of fused-ring (bicyclic) bond motifs is 1. The van der Waals surface area contributed by atoms with Gasteiger partial charge in [-0.05, 0) is 32.0 Å². The van der Waals surface area contributed by atoms with Crippen molar-refractivity contribution in [2.24, 2.45) is 10.3 Å². The first-order chi connectivity index (χ1) is 7.93. The van der Waals surface area contributed by atoms with Crippen LogP contribution in [0.4, 0.5) is 5.69 Å². The van der Waals surface area contributed by atoms with Gasteiger partial charge in [-0.15, -0.1) is 5.11 Å². The molecule has 1 saturated heterocycles. The minimum atomic E-state index is 0.554. The van der Waals surface area contributed by atoms with Crippen molar-refractivity contribution < 1.29 is 0 Å². The van der Waals surface area contributed by atoms with Crippen LogP contribution in [0.1, 0.15) is 18.4 Å². The molecule has 2 heterocycles. The van der Waals surface area contributed by atoms with Gasteiger partial charge in [-0.1, -0.05) is 23.4 Å². The first-order valence-corrected chi connectivity index (χ1v) is 5.90. The maximum atomic E-state index is 4.32. The van der Waals surface area contributed by atoms with E-state index in [-0.39, 0.29) is 0 Å². The SMILES string of the molecule is c1ccc2c(c1)CN(C1CCNCC1)N=N2. The van der Waals surface area contributed by atoms with Crippen LogP contribution in [0.3, 0.4) is 0 Å². The molecule has 84 valence electrons. The molecule has 0 spiro atoms. The van der Waals surface area contributed by atoms with Crippen LogP contribution in [0.2, 0.25) is 0 Å². The normalized spacial score (nSPS) is 20.9. The van der Waals surface area contributed by atoms with Crippen LogP contribution >= 0.6 is 0 Å². The highest BCUT2D eigenvalue weighted by atomic mass is 15.6. The molecular formula is C12H16N4. The lowest BCUT2D eigenvalue weighted by atomic mass is 10.0. The monoisotopic (exact) mass is 216 g/mol. The van der Waals surface area contributed by atoms with Gasteiger partial charge in [-0.3, -0.25) is 5.01 Å². The molecule has 1 aromatic rings. The average Bonchev–Trinajstić information content (AvgIpc) is 2.39. The molecule has 0 aromatic heterocycles. The number of hydrogen-bond acceptors (Lipinski definition) is 4. The van der Waals surface area contributed by atoms with E-state index in [0.717, 1.165) is 25.3 Å². The molecule has 0 amide bonds. The number of piperidine rings is 1. The van der Waals surface area contributed by atoms with E-state index in [1.165, 1.54) is 18.4 Å². The van der Waals surface area contributed by atoms with E-state index >= 15 is 0 Å². The van der Waals surface area contributed by atoms with Gasteiger partial charge in [0.15, 0.2) is 0 Å². The summed E-state index contributed by atoms with van der Waals surface area (Å²) in [7, 11) is 0. The molecule has 0 saturated carbocycles. The number of benzene rings is 1. The maximum Gasteiger partial charge on any atom is 0.0924 e. The van der Waals surface area contributed by atoms with Gasteiger partial charge in [-0.2, -0.15) is 0 Å². The Hall–Kier alpha value is -1.42. The molecule has 0 atom stereocenters. The Morgan fingerprint density at radius 2 is 2.00 bits per heavy atom. The molecule has 1 aromatic carbocycles. The van der Waals surface area contributed by atoms with E-state index in [1.54, 1.807) is 0 Å². The van der Waals surface area contributed by atoms with Crippen LogP contribution in [-0.4, -0.2) is 24.1 Å². The Morgan fingerprint density at radius 1 is 1.19 bits per heavy atom. The molecule has 2 aliphatic rings. The van der Waals surface area contributed by atoms with Crippen LogP contribution < -0.4 is 5.32 Å². The lowest BCUT2D eigenvalue weighted by molar-refractivity contribution is 0.144. The summed E-state index contributed by atoms with van der Waals surface area (Å²) in [5.74, 6) is 0. The molecule has 4 nitrogen and oxygen atoms in total. The highest BCUT2D eigenvalue weighted by molar-refractivity contribution is 5.45. The zero-order chi connectivity index (χ0) is 10.8. The average molecular weight is 216 g/mol. The third-order valence-corrected chi connectivity index (χ3v) is 3.32. The van der Waals surface area contributed by atoms with E-state index in [2.05, 4.69) is 32.8 Å². The summed E-state index contributed by atoms with van der Waals surface area (Å²) in [6.07, 6.45) is 2.34. The van der Waals surface area contributed by atoms with E-state index in [0.29, 0.717) is 6.04 Å². The van der Waals surface area contributed by atoms with Gasteiger partial charge >= 0.3 is 0 Å². The van der Waals surface area contributed by atoms with Gasteiger partial charge in [-0.25, -0.2) is 0 Å². The van der Waals surface area contributed by atoms with Crippen molar-refractivity contribution in [3.05, 3.63) is 29.8 Å². The molecule has 3 rings (SSSR count). The van der Waals surface area contributed by atoms with Crippen molar-refractivity contribution in [2.75, 3.05) is 13.1 Å². The Kier molecular flexibility index (Phi) is 2.58. The molecule has 0 aliphatic carbocycles. The van der Waals surface area contributed by atoms with E-state index in [9.17, 15) is 0 Å². The molecule has 0 unspecified atom stereocenters. The Labute approximate surface area is 95.3 Å². The van der Waals surface area contributed by atoms with Crippen LogP contribution in [0, 0.1) is 0 Å². The van der Waals surface area contributed by atoms with Gasteiger partial charge < -0.3 is 5.32 Å². The topological polar surface area (TPSA) is 40.0 Å². The van der Waals surface area contributed by atoms with Crippen molar-refractivity contribution in [1.29, 1.82) is 0 Å². The number of nitrogens with zero attached hydrogens (tertiary/aromatic N) is 3. The van der Waals surface area contributed by atoms with Crippen LogP contribution in [0.25, 0.3) is 0 Å². The summed E-state index contributed by atoms with van der Waals surface area (Å²) in [6.45, 7) is 3.10. The fourth-order valence-electron chi connectivity index (χ4n) is 2.36. The summed E-state index contributed by atoms with van der Waals surface area (Å²) in [5, 5.41) is 14.1. The van der Waals surface area contributed by atoms with Crippen LogP contribution in [0.15, 0.2) is 34.6 Å². The van der Waals surface area contributed by atoms with Crippen molar-refractivity contribution in [1.82, 2.24) is 10.3 Å². The largest absolute Gasteiger partial charge is 0.317 e. The fraction of sp³-hybridized carbons (Fsp3) is 0.500. The Bertz CT molecular complexity index is 396. The third kappa shape index (κ3) is 1.80. The van der Waals surface area contributed by atoms with Gasteiger partial charge in [0.1, 0.15) is 0 Å².